The number of para-hydroxylation sites is 1. The van der Waals surface area contributed by atoms with E-state index in [2.05, 4.69) is 29.8 Å². The molecule has 0 radical (unpaired) electrons. The number of methoxy groups -OCH3 is 1. The van der Waals surface area contributed by atoms with Crippen molar-refractivity contribution in [1.29, 1.82) is 0 Å². The Morgan fingerprint density at radius 1 is 1.15 bits per heavy atom. The number of hydrogen-bond donors (Lipinski definition) is 0. The van der Waals surface area contributed by atoms with Crippen molar-refractivity contribution in [2.75, 3.05) is 13.7 Å². The topological polar surface area (TPSA) is 84.1 Å². The third-order valence-electron chi connectivity index (χ3n) is 6.83. The Kier molecular flexibility index (Phi) is 7.67. The first-order valence-corrected chi connectivity index (χ1v) is 14.2. The summed E-state index contributed by atoms with van der Waals surface area (Å²) < 4.78 is 21.2. The molecular formula is C31H33N3O5S. The van der Waals surface area contributed by atoms with Gasteiger partial charge in [0.25, 0.3) is 5.56 Å². The van der Waals surface area contributed by atoms with E-state index in [-0.39, 0.29) is 18.3 Å². The second kappa shape index (κ2) is 11.2. The minimum atomic E-state index is -0.739. The van der Waals surface area contributed by atoms with Gasteiger partial charge in [0.05, 0.1) is 41.7 Å². The maximum atomic E-state index is 14.1. The average Bonchev–Trinajstić information content (AvgIpc) is 3.44. The van der Waals surface area contributed by atoms with Gasteiger partial charge in [0.15, 0.2) is 16.3 Å². The zero-order valence-electron chi connectivity index (χ0n) is 23.6. The predicted molar refractivity (Wildman–Crippen MR) is 157 cm³/mol. The molecule has 0 aliphatic carbocycles. The lowest BCUT2D eigenvalue weighted by Crippen LogP contribution is -2.40. The summed E-state index contributed by atoms with van der Waals surface area (Å²) in [6.45, 7) is 10.5. The standard InChI is InChI=1S/C31H33N3O5S/c1-7-33-17-21(22-11-9-10-12-23(22)33)16-26-29(35)34-28(20-13-14-24(39-18(3)4)25(15-20)37-6)27(30(36)38-8-2)19(5)32-31(34)40-26/h9-18,28H,7-8H2,1-6H3/b26-16+/t28-/m0/s1. The molecule has 0 spiro atoms. The van der Waals surface area contributed by atoms with E-state index in [4.69, 9.17) is 19.2 Å². The van der Waals surface area contributed by atoms with Crippen LogP contribution in [-0.2, 0) is 16.1 Å². The fourth-order valence-electron chi connectivity index (χ4n) is 5.11. The van der Waals surface area contributed by atoms with E-state index in [1.165, 1.54) is 11.3 Å². The zero-order valence-corrected chi connectivity index (χ0v) is 24.4. The Bertz CT molecular complexity index is 1810. The van der Waals surface area contributed by atoms with Gasteiger partial charge in [-0.25, -0.2) is 9.79 Å². The minimum absolute atomic E-state index is 0.0479. The molecular weight excluding hydrogens is 526 g/mol. The highest BCUT2D eigenvalue weighted by Crippen LogP contribution is 2.36. The van der Waals surface area contributed by atoms with Crippen LogP contribution in [0, 0.1) is 0 Å². The van der Waals surface area contributed by atoms with Gasteiger partial charge in [0.1, 0.15) is 0 Å². The number of nitrogens with zero attached hydrogens (tertiary/aromatic N) is 3. The Labute approximate surface area is 236 Å². The van der Waals surface area contributed by atoms with Crippen molar-refractivity contribution >= 4 is 34.3 Å². The van der Waals surface area contributed by atoms with Gasteiger partial charge in [0.2, 0.25) is 0 Å². The van der Waals surface area contributed by atoms with E-state index in [9.17, 15) is 9.59 Å². The number of benzene rings is 2. The van der Waals surface area contributed by atoms with Gasteiger partial charge in [-0.05, 0) is 64.5 Å². The summed E-state index contributed by atoms with van der Waals surface area (Å²) in [5, 5.41) is 1.07. The number of thiazole rings is 1. The maximum Gasteiger partial charge on any atom is 0.338 e. The molecule has 1 aliphatic heterocycles. The molecule has 1 aliphatic rings. The van der Waals surface area contributed by atoms with E-state index in [1.54, 1.807) is 25.5 Å². The average molecular weight is 560 g/mol. The van der Waals surface area contributed by atoms with Crippen LogP contribution in [0.25, 0.3) is 17.0 Å². The van der Waals surface area contributed by atoms with Crippen LogP contribution in [-0.4, -0.2) is 34.9 Å². The van der Waals surface area contributed by atoms with Crippen LogP contribution in [0.4, 0.5) is 0 Å². The molecule has 40 heavy (non-hydrogen) atoms. The largest absolute Gasteiger partial charge is 0.493 e. The summed E-state index contributed by atoms with van der Waals surface area (Å²) in [4.78, 5) is 32.5. The molecule has 3 heterocycles. The van der Waals surface area contributed by atoms with Crippen LogP contribution < -0.4 is 24.4 Å². The molecule has 0 amide bonds. The number of aryl methyl sites for hydroxylation is 1. The Hall–Kier alpha value is -4.11. The first kappa shape index (κ1) is 27.5. The van der Waals surface area contributed by atoms with Gasteiger partial charge in [-0.3, -0.25) is 9.36 Å². The number of carbonyl (C=O) groups excluding carboxylic acids is 1. The van der Waals surface area contributed by atoms with Gasteiger partial charge >= 0.3 is 5.97 Å². The number of ether oxygens (including phenoxy) is 3. The molecule has 0 saturated carbocycles. The van der Waals surface area contributed by atoms with Gasteiger partial charge in [-0.15, -0.1) is 0 Å². The summed E-state index contributed by atoms with van der Waals surface area (Å²) >= 11 is 1.31. The summed E-state index contributed by atoms with van der Waals surface area (Å²) in [7, 11) is 1.57. The molecule has 0 unspecified atom stereocenters. The van der Waals surface area contributed by atoms with Gasteiger partial charge in [0, 0.05) is 29.2 Å². The lowest BCUT2D eigenvalue weighted by Gasteiger charge is -2.25. The molecule has 0 fully saturated rings. The van der Waals surface area contributed by atoms with Crippen LogP contribution in [0.3, 0.4) is 0 Å². The second-order valence-corrected chi connectivity index (χ2v) is 10.8. The summed E-state index contributed by atoms with van der Waals surface area (Å²) in [5.41, 5.74) is 3.37. The number of esters is 1. The Morgan fingerprint density at radius 2 is 1.93 bits per heavy atom. The highest BCUT2D eigenvalue weighted by Gasteiger charge is 2.34. The van der Waals surface area contributed by atoms with Gasteiger partial charge < -0.3 is 18.8 Å². The molecule has 0 N–H and O–H groups in total. The second-order valence-electron chi connectivity index (χ2n) is 9.77. The molecule has 2 aromatic heterocycles. The van der Waals surface area contributed by atoms with Crippen molar-refractivity contribution in [2.45, 2.75) is 53.3 Å². The molecule has 2 aromatic carbocycles. The molecule has 208 valence electrons. The monoisotopic (exact) mass is 559 g/mol. The van der Waals surface area contributed by atoms with Crippen LogP contribution in [0.15, 0.2) is 69.7 Å². The molecule has 4 aromatic rings. The lowest BCUT2D eigenvalue weighted by atomic mass is 9.95. The van der Waals surface area contributed by atoms with Gasteiger partial charge in [-0.2, -0.15) is 0 Å². The third-order valence-corrected chi connectivity index (χ3v) is 7.81. The molecule has 5 rings (SSSR count). The van der Waals surface area contributed by atoms with Crippen LogP contribution in [0.1, 0.15) is 51.8 Å². The molecule has 8 nitrogen and oxygen atoms in total. The number of carbonyl (C=O) groups is 1. The van der Waals surface area contributed by atoms with E-state index in [1.807, 2.05) is 50.3 Å². The van der Waals surface area contributed by atoms with Crippen molar-refractivity contribution in [3.05, 3.63) is 90.7 Å². The Balaban J connectivity index is 1.73. The number of hydrogen-bond acceptors (Lipinski definition) is 7. The fourth-order valence-corrected chi connectivity index (χ4v) is 6.14. The molecule has 1 atom stereocenters. The summed E-state index contributed by atoms with van der Waals surface area (Å²) in [6.07, 6.45) is 3.93. The highest BCUT2D eigenvalue weighted by atomic mass is 32.1. The van der Waals surface area contributed by atoms with Crippen molar-refractivity contribution < 1.29 is 19.0 Å². The predicted octanol–water partition coefficient (Wildman–Crippen LogP) is 4.57. The van der Waals surface area contributed by atoms with E-state index in [0.717, 1.165) is 23.0 Å². The number of aromatic nitrogens is 2. The van der Waals surface area contributed by atoms with Crippen LogP contribution in [0.2, 0.25) is 0 Å². The smallest absolute Gasteiger partial charge is 0.338 e. The van der Waals surface area contributed by atoms with Crippen LogP contribution in [0.5, 0.6) is 11.5 Å². The molecule has 0 bridgehead atoms. The normalized spacial score (nSPS) is 15.4. The van der Waals surface area contributed by atoms with Gasteiger partial charge in [-0.1, -0.05) is 35.6 Å². The summed E-state index contributed by atoms with van der Waals surface area (Å²) in [5.74, 6) is 0.591. The van der Waals surface area contributed by atoms with Crippen molar-refractivity contribution in [2.24, 2.45) is 4.99 Å². The summed E-state index contributed by atoms with van der Waals surface area (Å²) in [6, 6.07) is 12.9. The zero-order chi connectivity index (χ0) is 28.6. The van der Waals surface area contributed by atoms with E-state index >= 15 is 0 Å². The van der Waals surface area contributed by atoms with Crippen molar-refractivity contribution in [1.82, 2.24) is 9.13 Å². The number of allylic oxidation sites excluding steroid dienone is 1. The van der Waals surface area contributed by atoms with E-state index in [0.29, 0.717) is 37.7 Å². The Morgan fingerprint density at radius 3 is 2.62 bits per heavy atom. The quantitative estimate of drug-likeness (QED) is 0.296. The fraction of sp³-hybridized carbons (Fsp3) is 0.323. The van der Waals surface area contributed by atoms with Crippen molar-refractivity contribution in [3.8, 4) is 11.5 Å². The molecule has 9 heteroatoms. The van der Waals surface area contributed by atoms with Crippen molar-refractivity contribution in [3.63, 3.8) is 0 Å². The number of fused-ring (bicyclic) bond motifs is 2. The van der Waals surface area contributed by atoms with Crippen LogP contribution >= 0.6 is 11.3 Å². The number of rotatable bonds is 8. The highest BCUT2D eigenvalue weighted by molar-refractivity contribution is 7.07. The lowest BCUT2D eigenvalue weighted by molar-refractivity contribution is -0.139. The SMILES string of the molecule is CCOC(=O)C1=C(C)N=c2s/c(=C/c3cn(CC)c4ccccc34)c(=O)n2[C@H]1c1ccc(OC(C)C)c(OC)c1. The third kappa shape index (κ3) is 4.86. The first-order valence-electron chi connectivity index (χ1n) is 13.4. The van der Waals surface area contributed by atoms with E-state index < -0.39 is 12.0 Å². The molecule has 0 saturated heterocycles. The first-order chi connectivity index (χ1) is 19.3. The maximum absolute atomic E-state index is 14.1. The minimum Gasteiger partial charge on any atom is -0.493 e.